The molecule has 33 heavy (non-hydrogen) atoms. The van der Waals surface area contributed by atoms with Crippen molar-refractivity contribution in [2.45, 2.75) is 25.4 Å². The second-order valence-corrected chi connectivity index (χ2v) is 8.32. The average molecular weight is 460 g/mol. The summed E-state index contributed by atoms with van der Waals surface area (Å²) in [5.41, 5.74) is 2.37. The number of carbonyl (C=O) groups excluding carboxylic acids is 1. The van der Waals surface area contributed by atoms with E-state index in [1.165, 1.54) is 0 Å². The molecule has 2 aromatic carbocycles. The highest BCUT2D eigenvalue weighted by atomic mass is 35.5. The molecule has 1 fully saturated rings. The molecule has 1 aliphatic rings. The predicted molar refractivity (Wildman–Crippen MR) is 124 cm³/mol. The number of carbonyl (C=O) groups is 1. The zero-order valence-corrected chi connectivity index (χ0v) is 18.6. The Morgan fingerprint density at radius 1 is 1.09 bits per heavy atom. The molecule has 166 valence electrons. The largest absolute Gasteiger partial charge is 0.437 e. The molecule has 1 atom stereocenters. The molecule has 0 unspecified atom stereocenters. The Morgan fingerprint density at radius 3 is 2.76 bits per heavy atom. The first-order chi connectivity index (χ1) is 16.2. The summed E-state index contributed by atoms with van der Waals surface area (Å²) >= 11 is 5.95. The van der Waals surface area contributed by atoms with Gasteiger partial charge in [0.15, 0.2) is 0 Å². The maximum atomic E-state index is 13.6. The number of imidazole rings is 1. The number of ether oxygens (including phenoxy) is 1. The van der Waals surface area contributed by atoms with Crippen LogP contribution in [-0.2, 0) is 6.54 Å². The maximum absolute atomic E-state index is 13.6. The monoisotopic (exact) mass is 459 g/mol. The van der Waals surface area contributed by atoms with Crippen LogP contribution in [0.2, 0.25) is 5.02 Å². The summed E-state index contributed by atoms with van der Waals surface area (Å²) in [7, 11) is 0. The van der Waals surface area contributed by atoms with E-state index in [0.717, 1.165) is 24.1 Å². The Bertz CT molecular complexity index is 1240. The Labute approximate surface area is 196 Å². The Hall–Kier alpha value is -3.71. The molecule has 2 aromatic heterocycles. The second-order valence-electron chi connectivity index (χ2n) is 7.89. The van der Waals surface area contributed by atoms with E-state index in [4.69, 9.17) is 16.3 Å². The Morgan fingerprint density at radius 2 is 1.94 bits per heavy atom. The molecule has 1 amide bonds. The maximum Gasteiger partial charge on any atom is 0.254 e. The summed E-state index contributed by atoms with van der Waals surface area (Å²) < 4.78 is 7.80. The third-order valence-electron chi connectivity index (χ3n) is 5.68. The van der Waals surface area contributed by atoms with Crippen LogP contribution in [0.3, 0.4) is 0 Å². The SMILES string of the molecule is O=C(c1ccccc1Cn1ccnc1)N1CCC[C@@H]1c1cncc(Oc2ccc(Cl)cc2)n1. The Balaban J connectivity index is 1.38. The number of hydrogen-bond donors (Lipinski definition) is 0. The van der Waals surface area contributed by atoms with Crippen LogP contribution in [0.5, 0.6) is 11.6 Å². The van der Waals surface area contributed by atoms with Crippen molar-refractivity contribution in [2.24, 2.45) is 0 Å². The quantitative estimate of drug-likeness (QED) is 0.399. The van der Waals surface area contributed by atoms with Gasteiger partial charge in [0.2, 0.25) is 5.88 Å². The first-order valence-electron chi connectivity index (χ1n) is 10.8. The van der Waals surface area contributed by atoms with Gasteiger partial charge in [-0.05, 0) is 48.7 Å². The molecule has 0 saturated carbocycles. The molecule has 3 heterocycles. The van der Waals surface area contributed by atoms with Crippen molar-refractivity contribution in [3.63, 3.8) is 0 Å². The van der Waals surface area contributed by atoms with Crippen LogP contribution in [0.4, 0.5) is 0 Å². The van der Waals surface area contributed by atoms with E-state index in [-0.39, 0.29) is 11.9 Å². The van der Waals surface area contributed by atoms with Gasteiger partial charge in [0, 0.05) is 36.1 Å². The third-order valence-corrected chi connectivity index (χ3v) is 5.93. The molecule has 4 aromatic rings. The van der Waals surface area contributed by atoms with Gasteiger partial charge in [-0.3, -0.25) is 9.78 Å². The van der Waals surface area contributed by atoms with E-state index in [0.29, 0.717) is 35.3 Å². The number of nitrogens with zero attached hydrogens (tertiary/aromatic N) is 5. The molecular weight excluding hydrogens is 438 g/mol. The molecule has 0 aliphatic carbocycles. The highest BCUT2D eigenvalue weighted by molar-refractivity contribution is 6.30. The van der Waals surface area contributed by atoms with Gasteiger partial charge in [0.1, 0.15) is 5.75 Å². The molecule has 8 heteroatoms. The number of amides is 1. The van der Waals surface area contributed by atoms with Crippen LogP contribution < -0.4 is 4.74 Å². The van der Waals surface area contributed by atoms with Gasteiger partial charge in [-0.1, -0.05) is 29.8 Å². The van der Waals surface area contributed by atoms with Crippen molar-refractivity contribution in [2.75, 3.05) is 6.54 Å². The molecule has 1 aliphatic heterocycles. The van der Waals surface area contributed by atoms with Crippen LogP contribution in [0, 0.1) is 0 Å². The molecule has 0 radical (unpaired) electrons. The molecule has 7 nitrogen and oxygen atoms in total. The lowest BCUT2D eigenvalue weighted by atomic mass is 10.0. The van der Waals surface area contributed by atoms with Gasteiger partial charge in [0.25, 0.3) is 5.91 Å². The summed E-state index contributed by atoms with van der Waals surface area (Å²) in [6.45, 7) is 1.26. The normalized spacial score (nSPS) is 15.5. The number of halogens is 1. The van der Waals surface area contributed by atoms with Crippen molar-refractivity contribution in [1.82, 2.24) is 24.4 Å². The average Bonchev–Trinajstić information content (AvgIpc) is 3.53. The van der Waals surface area contributed by atoms with Crippen LogP contribution in [0.1, 0.15) is 40.5 Å². The fourth-order valence-electron chi connectivity index (χ4n) is 4.11. The lowest BCUT2D eigenvalue weighted by molar-refractivity contribution is 0.0731. The van der Waals surface area contributed by atoms with E-state index in [2.05, 4.69) is 15.0 Å². The Kier molecular flexibility index (Phi) is 6.04. The molecule has 5 rings (SSSR count). The minimum atomic E-state index is -0.153. The van der Waals surface area contributed by atoms with Crippen LogP contribution in [-0.4, -0.2) is 36.9 Å². The summed E-state index contributed by atoms with van der Waals surface area (Å²) in [6, 6.07) is 14.6. The summed E-state index contributed by atoms with van der Waals surface area (Å²) in [6.07, 6.45) is 10.4. The van der Waals surface area contributed by atoms with Crippen molar-refractivity contribution in [3.8, 4) is 11.6 Å². The number of aromatic nitrogens is 4. The fraction of sp³-hybridized carbons (Fsp3) is 0.200. The van der Waals surface area contributed by atoms with Crippen LogP contribution in [0.25, 0.3) is 0 Å². The van der Waals surface area contributed by atoms with Crippen LogP contribution in [0.15, 0.2) is 79.6 Å². The number of benzene rings is 2. The molecule has 0 spiro atoms. The first kappa shape index (κ1) is 21.2. The molecule has 0 N–H and O–H groups in total. The molecular formula is C25H22ClN5O2. The zero-order valence-electron chi connectivity index (χ0n) is 17.8. The lowest BCUT2D eigenvalue weighted by Gasteiger charge is -2.25. The van der Waals surface area contributed by atoms with Crippen molar-refractivity contribution >= 4 is 17.5 Å². The number of hydrogen-bond acceptors (Lipinski definition) is 5. The first-order valence-corrected chi connectivity index (χ1v) is 11.1. The van der Waals surface area contributed by atoms with E-state index in [1.807, 2.05) is 39.9 Å². The third kappa shape index (κ3) is 4.73. The van der Waals surface area contributed by atoms with E-state index >= 15 is 0 Å². The van der Waals surface area contributed by atoms with Gasteiger partial charge < -0.3 is 14.2 Å². The van der Waals surface area contributed by atoms with Crippen molar-refractivity contribution < 1.29 is 9.53 Å². The molecule has 0 bridgehead atoms. The highest BCUT2D eigenvalue weighted by Crippen LogP contribution is 2.33. The van der Waals surface area contributed by atoms with Gasteiger partial charge in [-0.2, -0.15) is 0 Å². The lowest BCUT2D eigenvalue weighted by Crippen LogP contribution is -2.32. The van der Waals surface area contributed by atoms with E-state index < -0.39 is 0 Å². The zero-order chi connectivity index (χ0) is 22.6. The van der Waals surface area contributed by atoms with Crippen LogP contribution >= 0.6 is 11.6 Å². The standard InChI is InChI=1S/C25H22ClN5O2/c26-19-7-9-20(10-8-19)33-24-15-28-14-22(29-24)23-6-3-12-31(23)25(32)21-5-2-1-4-18(21)16-30-13-11-27-17-30/h1-2,4-5,7-11,13-15,17,23H,3,6,12,16H2/t23-/m1/s1. The number of rotatable bonds is 6. The van der Waals surface area contributed by atoms with Crippen molar-refractivity contribution in [3.05, 3.63) is 101 Å². The van der Waals surface area contributed by atoms with Gasteiger partial charge in [-0.25, -0.2) is 9.97 Å². The summed E-state index contributed by atoms with van der Waals surface area (Å²) in [5.74, 6) is 1.01. The smallest absolute Gasteiger partial charge is 0.254 e. The predicted octanol–water partition coefficient (Wildman–Crippen LogP) is 5.14. The second kappa shape index (κ2) is 9.42. The van der Waals surface area contributed by atoms with Gasteiger partial charge >= 0.3 is 0 Å². The summed E-state index contributed by atoms with van der Waals surface area (Å²) in [5, 5.41) is 0.635. The van der Waals surface area contributed by atoms with Gasteiger partial charge in [0.05, 0.1) is 30.5 Å². The fourth-order valence-corrected chi connectivity index (χ4v) is 4.24. The molecule has 1 saturated heterocycles. The summed E-state index contributed by atoms with van der Waals surface area (Å²) in [4.78, 5) is 28.6. The number of likely N-dealkylation sites (tertiary alicyclic amines) is 1. The highest BCUT2D eigenvalue weighted by Gasteiger charge is 2.33. The topological polar surface area (TPSA) is 73.1 Å². The van der Waals surface area contributed by atoms with Crippen molar-refractivity contribution in [1.29, 1.82) is 0 Å². The minimum absolute atomic E-state index is 0.000891. The van der Waals surface area contributed by atoms with E-state index in [1.54, 1.807) is 49.2 Å². The minimum Gasteiger partial charge on any atom is -0.437 e. The van der Waals surface area contributed by atoms with E-state index in [9.17, 15) is 4.79 Å². The van der Waals surface area contributed by atoms with Gasteiger partial charge in [-0.15, -0.1) is 0 Å².